The van der Waals surface area contributed by atoms with Crippen LogP contribution >= 0.6 is 0 Å². The van der Waals surface area contributed by atoms with E-state index >= 15 is 0 Å². The molecule has 0 radical (unpaired) electrons. The molecule has 0 aromatic carbocycles. The van der Waals surface area contributed by atoms with Crippen LogP contribution in [0.25, 0.3) is 0 Å². The van der Waals surface area contributed by atoms with Crippen molar-refractivity contribution in [2.45, 2.75) is 24.7 Å². The number of nitrogens with zero attached hydrogens (tertiary/aromatic N) is 2. The third kappa shape index (κ3) is 3.16. The van der Waals surface area contributed by atoms with Gasteiger partial charge in [-0.2, -0.15) is 0 Å². The van der Waals surface area contributed by atoms with Crippen molar-refractivity contribution in [2.24, 2.45) is 0 Å². The molecule has 3 atom stereocenters. The Bertz CT molecular complexity index is 287. The van der Waals surface area contributed by atoms with E-state index in [1.807, 2.05) is 11.9 Å². The van der Waals surface area contributed by atoms with Crippen LogP contribution in [0, 0.1) is 0 Å². The topological polar surface area (TPSA) is 73.2 Å². The van der Waals surface area contributed by atoms with Crippen molar-refractivity contribution in [1.29, 1.82) is 0 Å². The van der Waals surface area contributed by atoms with Gasteiger partial charge in [0.05, 0.1) is 18.8 Å². The van der Waals surface area contributed by atoms with Crippen molar-refractivity contribution in [3.8, 4) is 0 Å². The molecule has 6 nitrogen and oxygen atoms in total. The number of hydrogen-bond acceptors (Lipinski definition) is 5. The maximum Gasteiger partial charge on any atom is 0.321 e. The minimum atomic E-state index is -0.856. The van der Waals surface area contributed by atoms with Crippen LogP contribution < -0.4 is 0 Å². The second-order valence-electron chi connectivity index (χ2n) is 4.95. The number of ether oxygens (including phenoxy) is 1. The van der Waals surface area contributed by atoms with Gasteiger partial charge in [0.2, 0.25) is 0 Å². The summed E-state index contributed by atoms with van der Waals surface area (Å²) in [7, 11) is 2.03. The summed E-state index contributed by atoms with van der Waals surface area (Å²) in [6.07, 6.45) is -0.170. The Balaban J connectivity index is 1.90. The number of aliphatic hydroxyl groups is 1. The Morgan fingerprint density at radius 3 is 2.88 bits per heavy atom. The average Bonchev–Trinajstić information content (AvgIpc) is 2.59. The molecule has 3 unspecified atom stereocenters. The maximum atomic E-state index is 11.1. The molecule has 6 heteroatoms. The fourth-order valence-electron chi connectivity index (χ4n) is 2.58. The second kappa shape index (κ2) is 5.30. The number of aliphatic hydroxyl groups excluding tert-OH is 1. The highest BCUT2D eigenvalue weighted by atomic mass is 16.5. The number of β-amino-alcohol motifs (C(OH)–C–C–N with tert-alkyl or cyclic N) is 1. The predicted molar refractivity (Wildman–Crippen MR) is 60.9 cm³/mol. The zero-order chi connectivity index (χ0) is 12.4. The smallest absolute Gasteiger partial charge is 0.321 e. The van der Waals surface area contributed by atoms with Crippen LogP contribution in [0.4, 0.5) is 0 Å². The van der Waals surface area contributed by atoms with Crippen molar-refractivity contribution in [3.63, 3.8) is 0 Å². The highest BCUT2D eigenvalue weighted by Gasteiger charge is 2.37. The van der Waals surface area contributed by atoms with Crippen LogP contribution in [0.15, 0.2) is 0 Å². The third-order valence-corrected chi connectivity index (χ3v) is 3.45. The zero-order valence-electron chi connectivity index (χ0n) is 10.1. The van der Waals surface area contributed by atoms with E-state index in [-0.39, 0.29) is 6.10 Å². The molecule has 2 N–H and O–H groups in total. The van der Waals surface area contributed by atoms with Crippen LogP contribution in [-0.2, 0) is 9.53 Å². The van der Waals surface area contributed by atoms with Crippen molar-refractivity contribution >= 4 is 5.97 Å². The Morgan fingerprint density at radius 2 is 2.24 bits per heavy atom. The van der Waals surface area contributed by atoms with E-state index in [0.717, 1.165) is 13.1 Å². The summed E-state index contributed by atoms with van der Waals surface area (Å²) in [5, 5.41) is 18.6. The number of morpholine rings is 1. The van der Waals surface area contributed by atoms with Gasteiger partial charge in [0.15, 0.2) is 0 Å². The molecular formula is C11H20N2O4. The van der Waals surface area contributed by atoms with E-state index < -0.39 is 18.1 Å². The molecule has 98 valence electrons. The molecule has 0 saturated carbocycles. The van der Waals surface area contributed by atoms with Crippen LogP contribution in [0.3, 0.4) is 0 Å². The first-order valence-corrected chi connectivity index (χ1v) is 6.01. The maximum absolute atomic E-state index is 11.1. The number of carbonyl (C=O) groups is 1. The van der Waals surface area contributed by atoms with Gasteiger partial charge >= 0.3 is 5.97 Å². The van der Waals surface area contributed by atoms with E-state index in [2.05, 4.69) is 4.90 Å². The van der Waals surface area contributed by atoms with Gasteiger partial charge in [-0.15, -0.1) is 0 Å². The van der Waals surface area contributed by atoms with E-state index in [0.29, 0.717) is 26.1 Å². The molecule has 0 aromatic heterocycles. The second-order valence-corrected chi connectivity index (χ2v) is 4.95. The van der Waals surface area contributed by atoms with Crippen LogP contribution in [0.2, 0.25) is 0 Å². The standard InChI is InChI=1S/C11H20N2O4/c1-12-2-3-17-9(6-12)7-13-5-8(14)4-10(13)11(15)16/h8-10,14H,2-7H2,1H3,(H,15,16). The molecule has 2 aliphatic heterocycles. The molecular weight excluding hydrogens is 224 g/mol. The first-order valence-electron chi connectivity index (χ1n) is 6.01. The van der Waals surface area contributed by atoms with Gasteiger partial charge in [0, 0.05) is 32.6 Å². The lowest BCUT2D eigenvalue weighted by Gasteiger charge is -2.33. The van der Waals surface area contributed by atoms with Crippen molar-refractivity contribution in [1.82, 2.24) is 9.80 Å². The molecule has 2 heterocycles. The van der Waals surface area contributed by atoms with E-state index in [1.54, 1.807) is 0 Å². The molecule has 0 amide bonds. The predicted octanol–water partition coefficient (Wildman–Crippen LogP) is -1.16. The molecule has 2 saturated heterocycles. The quantitative estimate of drug-likeness (QED) is 0.652. The average molecular weight is 244 g/mol. The molecule has 0 aliphatic carbocycles. The monoisotopic (exact) mass is 244 g/mol. The number of likely N-dealkylation sites (N-methyl/N-ethyl adjacent to an activating group) is 1. The normalized spacial score (nSPS) is 36.2. The minimum absolute atomic E-state index is 0.0425. The SMILES string of the molecule is CN1CCOC(CN2CC(O)CC2C(=O)O)C1. The minimum Gasteiger partial charge on any atom is -0.480 e. The summed E-state index contributed by atoms with van der Waals surface area (Å²) in [6.45, 7) is 3.44. The summed E-state index contributed by atoms with van der Waals surface area (Å²) in [4.78, 5) is 15.1. The largest absolute Gasteiger partial charge is 0.480 e. The van der Waals surface area contributed by atoms with Crippen LogP contribution in [0.1, 0.15) is 6.42 Å². The summed E-state index contributed by atoms with van der Waals surface area (Å²) < 4.78 is 5.62. The van der Waals surface area contributed by atoms with Gasteiger partial charge in [-0.05, 0) is 7.05 Å². The summed E-state index contributed by atoms with van der Waals surface area (Å²) >= 11 is 0. The molecule has 2 aliphatic rings. The first kappa shape index (κ1) is 12.8. The molecule has 0 bridgehead atoms. The Hall–Kier alpha value is -0.690. The summed E-state index contributed by atoms with van der Waals surface area (Å²) in [6, 6.07) is -0.569. The molecule has 17 heavy (non-hydrogen) atoms. The highest BCUT2D eigenvalue weighted by molar-refractivity contribution is 5.74. The molecule has 2 rings (SSSR count). The number of aliphatic carboxylic acids is 1. The van der Waals surface area contributed by atoms with Gasteiger partial charge in [-0.25, -0.2) is 0 Å². The lowest BCUT2D eigenvalue weighted by molar-refractivity contribution is -0.143. The number of carboxylic acid groups (broad SMARTS) is 1. The van der Waals surface area contributed by atoms with E-state index in [1.165, 1.54) is 0 Å². The lowest BCUT2D eigenvalue weighted by Crippen LogP contribution is -2.48. The number of hydrogen-bond donors (Lipinski definition) is 2. The van der Waals surface area contributed by atoms with Crippen molar-refractivity contribution in [3.05, 3.63) is 0 Å². The molecule has 2 fully saturated rings. The molecule has 0 spiro atoms. The van der Waals surface area contributed by atoms with Gasteiger partial charge in [0.25, 0.3) is 0 Å². The van der Waals surface area contributed by atoms with Crippen LogP contribution in [-0.4, -0.2) is 84.1 Å². The third-order valence-electron chi connectivity index (χ3n) is 3.45. The van der Waals surface area contributed by atoms with E-state index in [9.17, 15) is 9.90 Å². The zero-order valence-corrected chi connectivity index (χ0v) is 10.1. The van der Waals surface area contributed by atoms with Crippen molar-refractivity contribution in [2.75, 3.05) is 39.8 Å². The summed E-state index contributed by atoms with van der Waals surface area (Å²) in [5.74, 6) is -0.856. The van der Waals surface area contributed by atoms with Gasteiger partial charge < -0.3 is 19.8 Å². The fourth-order valence-corrected chi connectivity index (χ4v) is 2.58. The highest BCUT2D eigenvalue weighted by Crippen LogP contribution is 2.19. The van der Waals surface area contributed by atoms with Gasteiger partial charge in [0.1, 0.15) is 6.04 Å². The van der Waals surface area contributed by atoms with Crippen LogP contribution in [0.5, 0.6) is 0 Å². The molecule has 0 aromatic rings. The number of likely N-dealkylation sites (tertiary alicyclic amines) is 1. The van der Waals surface area contributed by atoms with Gasteiger partial charge in [-0.3, -0.25) is 9.69 Å². The first-order chi connectivity index (χ1) is 8.06. The summed E-state index contributed by atoms with van der Waals surface area (Å²) in [5.41, 5.74) is 0. The number of rotatable bonds is 3. The Labute approximate surface area is 101 Å². The fraction of sp³-hybridized carbons (Fsp3) is 0.909. The Morgan fingerprint density at radius 1 is 1.47 bits per heavy atom. The van der Waals surface area contributed by atoms with Gasteiger partial charge in [-0.1, -0.05) is 0 Å². The lowest BCUT2D eigenvalue weighted by atomic mass is 10.2. The number of carboxylic acids is 1. The van der Waals surface area contributed by atoms with E-state index in [4.69, 9.17) is 9.84 Å². The Kier molecular flexibility index (Phi) is 3.98. The van der Waals surface area contributed by atoms with Crippen molar-refractivity contribution < 1.29 is 19.7 Å².